The molecule has 0 radical (unpaired) electrons. The highest BCUT2D eigenvalue weighted by Gasteiger charge is 2.16. The lowest BCUT2D eigenvalue weighted by molar-refractivity contribution is -0.119. The number of nitrogens with one attached hydrogen (secondary N) is 1. The fraction of sp³-hybridized carbons (Fsp3) is 0.176. The van der Waals surface area contributed by atoms with Gasteiger partial charge in [0.05, 0.1) is 5.56 Å². The second-order valence-electron chi connectivity index (χ2n) is 4.99. The van der Waals surface area contributed by atoms with E-state index in [0.717, 1.165) is 5.56 Å². The fourth-order valence-electron chi connectivity index (χ4n) is 1.87. The summed E-state index contributed by atoms with van der Waals surface area (Å²) in [6.07, 6.45) is 3.51. The van der Waals surface area contributed by atoms with Gasteiger partial charge in [0.1, 0.15) is 6.04 Å². The van der Waals surface area contributed by atoms with Crippen LogP contribution in [0.5, 0.6) is 0 Å². The number of nitrogens with zero attached hydrogens (tertiary/aromatic N) is 2. The molecule has 5 N–H and O–H groups in total. The monoisotopic (exact) mass is 323 g/mol. The van der Waals surface area contributed by atoms with Gasteiger partial charge in [-0.3, -0.25) is 9.59 Å². The van der Waals surface area contributed by atoms with Crippen molar-refractivity contribution in [3.63, 3.8) is 0 Å². The minimum atomic E-state index is -0.678. The van der Waals surface area contributed by atoms with Crippen molar-refractivity contribution in [3.8, 4) is 11.8 Å². The van der Waals surface area contributed by atoms with Crippen molar-refractivity contribution in [1.29, 1.82) is 0 Å². The second-order valence-corrected chi connectivity index (χ2v) is 4.99. The molecule has 0 spiro atoms. The number of benzene rings is 1. The number of hydrogen-bond acceptors (Lipinski definition) is 5. The van der Waals surface area contributed by atoms with Gasteiger partial charge in [-0.15, -0.1) is 0 Å². The summed E-state index contributed by atoms with van der Waals surface area (Å²) in [4.78, 5) is 30.9. The van der Waals surface area contributed by atoms with Gasteiger partial charge in [-0.2, -0.15) is 0 Å². The zero-order chi connectivity index (χ0) is 17.5. The van der Waals surface area contributed by atoms with E-state index in [4.69, 9.17) is 11.5 Å². The maximum absolute atomic E-state index is 12.1. The Bertz CT molecular complexity index is 788. The summed E-state index contributed by atoms with van der Waals surface area (Å²) in [6.45, 7) is 1.77. The average Bonchev–Trinajstić information content (AvgIpc) is 2.59. The Morgan fingerprint density at radius 3 is 2.25 bits per heavy atom. The number of rotatable bonds is 4. The lowest BCUT2D eigenvalue weighted by atomic mass is 10.1. The van der Waals surface area contributed by atoms with Crippen LogP contribution in [0.15, 0.2) is 36.7 Å². The van der Waals surface area contributed by atoms with Gasteiger partial charge < -0.3 is 16.8 Å². The molecule has 0 aliphatic heterocycles. The molecule has 0 fully saturated rings. The smallest absolute Gasteiger partial charge is 0.251 e. The summed E-state index contributed by atoms with van der Waals surface area (Å²) in [5.41, 5.74) is 12.4. The number of carbonyl (C=O) groups excluding carboxylic acids is 2. The van der Waals surface area contributed by atoms with Gasteiger partial charge in [0.15, 0.2) is 0 Å². The number of nitrogens with two attached hydrogens (primary N) is 2. The van der Waals surface area contributed by atoms with Crippen LogP contribution < -0.4 is 16.8 Å². The molecule has 7 nitrogen and oxygen atoms in total. The first-order chi connectivity index (χ1) is 11.5. The van der Waals surface area contributed by atoms with E-state index >= 15 is 0 Å². The van der Waals surface area contributed by atoms with E-state index in [2.05, 4.69) is 27.1 Å². The van der Waals surface area contributed by atoms with Crippen molar-refractivity contribution in [1.82, 2.24) is 15.3 Å². The van der Waals surface area contributed by atoms with Crippen LogP contribution in [0.2, 0.25) is 0 Å². The number of anilines is 1. The summed E-state index contributed by atoms with van der Waals surface area (Å²) < 4.78 is 0. The molecule has 1 aromatic heterocycles. The summed E-state index contributed by atoms with van der Waals surface area (Å²) in [5, 5.41) is 2.59. The topological polar surface area (TPSA) is 124 Å². The molecule has 122 valence electrons. The van der Waals surface area contributed by atoms with Crippen molar-refractivity contribution >= 4 is 17.8 Å². The van der Waals surface area contributed by atoms with Crippen LogP contribution >= 0.6 is 0 Å². The molecule has 2 rings (SSSR count). The Labute approximate surface area is 139 Å². The Morgan fingerprint density at radius 1 is 1.12 bits per heavy atom. The SMILES string of the molecule is CCC(NC(=O)c1ccc(C#Cc2cnc(N)nc2)cc1)C(N)=O. The standard InChI is InChI=1S/C17H17N5O2/c1-2-14(15(18)23)22-16(24)13-7-5-11(6-8-13)3-4-12-9-20-17(19)21-10-12/h5-10,14H,2H2,1H3,(H2,18,23)(H,22,24)(H2,19,20,21). The van der Waals surface area contributed by atoms with Gasteiger partial charge in [0.2, 0.25) is 11.9 Å². The zero-order valence-electron chi connectivity index (χ0n) is 13.1. The Kier molecular flexibility index (Phi) is 5.47. The van der Waals surface area contributed by atoms with E-state index in [1.807, 2.05) is 0 Å². The molecule has 2 aromatic rings. The van der Waals surface area contributed by atoms with Crippen molar-refractivity contribution in [3.05, 3.63) is 53.3 Å². The number of primary amides is 1. The Hall–Kier alpha value is -3.40. The highest BCUT2D eigenvalue weighted by Crippen LogP contribution is 2.05. The average molecular weight is 323 g/mol. The molecule has 1 aromatic carbocycles. The molecule has 7 heteroatoms. The summed E-state index contributed by atoms with van der Waals surface area (Å²) in [6, 6.07) is 6.01. The third kappa shape index (κ3) is 4.55. The number of carbonyl (C=O) groups is 2. The maximum Gasteiger partial charge on any atom is 0.251 e. The number of amides is 2. The van der Waals surface area contributed by atoms with Crippen molar-refractivity contribution < 1.29 is 9.59 Å². The Balaban J connectivity index is 2.06. The van der Waals surface area contributed by atoms with Gasteiger partial charge in [-0.1, -0.05) is 18.8 Å². The van der Waals surface area contributed by atoms with Crippen LogP contribution in [0.3, 0.4) is 0 Å². The van der Waals surface area contributed by atoms with Crippen LogP contribution in [0.25, 0.3) is 0 Å². The highest BCUT2D eigenvalue weighted by molar-refractivity contribution is 5.97. The predicted molar refractivity (Wildman–Crippen MR) is 89.6 cm³/mol. The molecule has 0 saturated heterocycles. The molecule has 0 saturated carbocycles. The first-order valence-corrected chi connectivity index (χ1v) is 7.29. The number of aromatic nitrogens is 2. The number of nitrogen functional groups attached to an aromatic ring is 1. The third-order valence-corrected chi connectivity index (χ3v) is 3.23. The molecular formula is C17H17N5O2. The predicted octanol–water partition coefficient (Wildman–Crippen LogP) is 0.452. The molecular weight excluding hydrogens is 306 g/mol. The van der Waals surface area contributed by atoms with E-state index in [1.165, 1.54) is 12.4 Å². The Morgan fingerprint density at radius 2 is 1.71 bits per heavy atom. The van der Waals surface area contributed by atoms with Crippen molar-refractivity contribution in [2.75, 3.05) is 5.73 Å². The fourth-order valence-corrected chi connectivity index (χ4v) is 1.87. The van der Waals surface area contributed by atoms with E-state index in [0.29, 0.717) is 17.5 Å². The van der Waals surface area contributed by atoms with E-state index in [-0.39, 0.29) is 11.9 Å². The summed E-state index contributed by atoms with van der Waals surface area (Å²) >= 11 is 0. The molecule has 0 aliphatic carbocycles. The quantitative estimate of drug-likeness (QED) is 0.705. The van der Waals surface area contributed by atoms with Crippen LogP contribution in [-0.2, 0) is 4.79 Å². The molecule has 0 bridgehead atoms. The molecule has 1 unspecified atom stereocenters. The summed E-state index contributed by atoms with van der Waals surface area (Å²) in [7, 11) is 0. The van der Waals surface area contributed by atoms with Gasteiger partial charge in [-0.25, -0.2) is 9.97 Å². The normalized spacial score (nSPS) is 11.0. The molecule has 1 atom stereocenters. The van der Waals surface area contributed by atoms with Crippen LogP contribution in [0, 0.1) is 11.8 Å². The minimum absolute atomic E-state index is 0.192. The largest absolute Gasteiger partial charge is 0.368 e. The summed E-state index contributed by atoms with van der Waals surface area (Å²) in [5.74, 6) is 5.12. The zero-order valence-corrected chi connectivity index (χ0v) is 13.1. The highest BCUT2D eigenvalue weighted by atomic mass is 16.2. The lowest BCUT2D eigenvalue weighted by Gasteiger charge is -2.13. The van der Waals surface area contributed by atoms with Gasteiger partial charge >= 0.3 is 0 Å². The third-order valence-electron chi connectivity index (χ3n) is 3.23. The van der Waals surface area contributed by atoms with E-state index < -0.39 is 11.9 Å². The van der Waals surface area contributed by atoms with Crippen LogP contribution in [0.4, 0.5) is 5.95 Å². The van der Waals surface area contributed by atoms with Gasteiger partial charge in [0.25, 0.3) is 5.91 Å². The van der Waals surface area contributed by atoms with Gasteiger partial charge in [-0.05, 0) is 30.7 Å². The number of hydrogen-bond donors (Lipinski definition) is 3. The minimum Gasteiger partial charge on any atom is -0.368 e. The van der Waals surface area contributed by atoms with Crippen molar-refractivity contribution in [2.45, 2.75) is 19.4 Å². The maximum atomic E-state index is 12.1. The first-order valence-electron chi connectivity index (χ1n) is 7.29. The molecule has 1 heterocycles. The lowest BCUT2D eigenvalue weighted by Crippen LogP contribution is -2.43. The van der Waals surface area contributed by atoms with E-state index in [9.17, 15) is 9.59 Å². The second kappa shape index (κ2) is 7.74. The van der Waals surface area contributed by atoms with Crippen molar-refractivity contribution in [2.24, 2.45) is 5.73 Å². The van der Waals surface area contributed by atoms with E-state index in [1.54, 1.807) is 31.2 Å². The molecule has 0 aliphatic rings. The molecule has 24 heavy (non-hydrogen) atoms. The first kappa shape index (κ1) is 17.0. The molecule has 2 amide bonds. The van der Waals surface area contributed by atoms with Crippen LogP contribution in [0.1, 0.15) is 34.8 Å². The van der Waals surface area contributed by atoms with Gasteiger partial charge in [0, 0.05) is 23.5 Å². The van der Waals surface area contributed by atoms with Crippen LogP contribution in [-0.4, -0.2) is 27.8 Å².